The third kappa shape index (κ3) is 4.33. The highest BCUT2D eigenvalue weighted by molar-refractivity contribution is 5.87. The second kappa shape index (κ2) is 7.93. The fraction of sp³-hybridized carbons (Fsp3) is 0.286. The molecule has 24 heavy (non-hydrogen) atoms. The first-order chi connectivity index (χ1) is 11.4. The maximum absolute atomic E-state index is 11.7. The SMILES string of the molecule is C=C(C)C(=O)OCc1cc(C)ccc1-c1ccc(CCO)cc1C. The molecule has 0 saturated carbocycles. The van der Waals surface area contributed by atoms with Crippen molar-refractivity contribution in [3.63, 3.8) is 0 Å². The van der Waals surface area contributed by atoms with Crippen LogP contribution in [0.2, 0.25) is 0 Å². The number of esters is 1. The fourth-order valence-electron chi connectivity index (χ4n) is 2.68. The zero-order chi connectivity index (χ0) is 17.7. The molecule has 0 aliphatic rings. The molecule has 0 fully saturated rings. The van der Waals surface area contributed by atoms with Crippen molar-refractivity contribution in [1.29, 1.82) is 0 Å². The summed E-state index contributed by atoms with van der Waals surface area (Å²) in [5, 5.41) is 9.08. The summed E-state index contributed by atoms with van der Waals surface area (Å²) in [5.74, 6) is -0.377. The highest BCUT2D eigenvalue weighted by Crippen LogP contribution is 2.29. The summed E-state index contributed by atoms with van der Waals surface area (Å²) in [6, 6.07) is 12.3. The van der Waals surface area contributed by atoms with Crippen LogP contribution in [0.1, 0.15) is 29.2 Å². The quantitative estimate of drug-likeness (QED) is 0.642. The second-order valence-corrected chi connectivity index (χ2v) is 6.14. The van der Waals surface area contributed by atoms with Crippen molar-refractivity contribution in [3.05, 3.63) is 70.8 Å². The number of aliphatic hydroxyl groups is 1. The van der Waals surface area contributed by atoms with Crippen LogP contribution >= 0.6 is 0 Å². The average molecular weight is 324 g/mol. The molecule has 2 aromatic rings. The van der Waals surface area contributed by atoms with Gasteiger partial charge in [0.05, 0.1) is 0 Å². The zero-order valence-electron chi connectivity index (χ0n) is 14.6. The van der Waals surface area contributed by atoms with Gasteiger partial charge in [-0.3, -0.25) is 0 Å². The summed E-state index contributed by atoms with van der Waals surface area (Å²) in [4.78, 5) is 11.7. The van der Waals surface area contributed by atoms with E-state index in [2.05, 4.69) is 37.8 Å². The van der Waals surface area contributed by atoms with Crippen molar-refractivity contribution in [2.75, 3.05) is 6.61 Å². The van der Waals surface area contributed by atoms with E-state index in [0.717, 1.165) is 33.4 Å². The predicted octanol–water partition coefficient (Wildman–Crippen LogP) is 4.12. The largest absolute Gasteiger partial charge is 0.457 e. The molecule has 0 radical (unpaired) electrons. The lowest BCUT2D eigenvalue weighted by atomic mass is 9.93. The highest BCUT2D eigenvalue weighted by Gasteiger charge is 2.11. The summed E-state index contributed by atoms with van der Waals surface area (Å²) in [6.45, 7) is 9.70. The molecule has 0 amide bonds. The van der Waals surface area contributed by atoms with Gasteiger partial charge in [-0.2, -0.15) is 0 Å². The molecule has 0 saturated heterocycles. The summed E-state index contributed by atoms with van der Waals surface area (Å²) < 4.78 is 5.34. The smallest absolute Gasteiger partial charge is 0.333 e. The Hall–Kier alpha value is -2.39. The van der Waals surface area contributed by atoms with Gasteiger partial charge in [-0.05, 0) is 55.0 Å². The molecule has 0 heterocycles. The molecule has 0 bridgehead atoms. The van der Waals surface area contributed by atoms with E-state index in [9.17, 15) is 4.79 Å². The molecular weight excluding hydrogens is 300 g/mol. The van der Waals surface area contributed by atoms with Crippen molar-refractivity contribution in [2.24, 2.45) is 0 Å². The van der Waals surface area contributed by atoms with Gasteiger partial charge in [-0.15, -0.1) is 0 Å². The number of hydrogen-bond donors (Lipinski definition) is 1. The van der Waals surface area contributed by atoms with Gasteiger partial charge in [0.1, 0.15) is 6.61 Å². The van der Waals surface area contributed by atoms with Crippen LogP contribution in [-0.4, -0.2) is 17.7 Å². The van der Waals surface area contributed by atoms with Gasteiger partial charge in [-0.1, -0.05) is 48.5 Å². The number of aliphatic hydroxyl groups excluding tert-OH is 1. The van der Waals surface area contributed by atoms with Crippen LogP contribution in [0, 0.1) is 13.8 Å². The number of carbonyl (C=O) groups excluding carboxylic acids is 1. The minimum absolute atomic E-state index is 0.144. The van der Waals surface area contributed by atoms with E-state index in [0.29, 0.717) is 12.0 Å². The predicted molar refractivity (Wildman–Crippen MR) is 96.8 cm³/mol. The Morgan fingerprint density at radius 3 is 2.46 bits per heavy atom. The lowest BCUT2D eigenvalue weighted by molar-refractivity contribution is -0.140. The van der Waals surface area contributed by atoms with Gasteiger partial charge in [-0.25, -0.2) is 4.79 Å². The highest BCUT2D eigenvalue weighted by atomic mass is 16.5. The Kier molecular flexibility index (Phi) is 5.93. The lowest BCUT2D eigenvalue weighted by Crippen LogP contribution is -2.06. The Bertz CT molecular complexity index is 760. The maximum Gasteiger partial charge on any atom is 0.333 e. The van der Waals surface area contributed by atoms with Crippen LogP contribution < -0.4 is 0 Å². The van der Waals surface area contributed by atoms with Crippen LogP contribution in [0.4, 0.5) is 0 Å². The summed E-state index contributed by atoms with van der Waals surface area (Å²) in [5.41, 5.74) is 6.91. The van der Waals surface area contributed by atoms with E-state index in [4.69, 9.17) is 9.84 Å². The van der Waals surface area contributed by atoms with Gasteiger partial charge in [0, 0.05) is 12.2 Å². The number of rotatable bonds is 6. The van der Waals surface area contributed by atoms with Gasteiger partial charge in [0.15, 0.2) is 0 Å². The van der Waals surface area contributed by atoms with Crippen molar-refractivity contribution < 1.29 is 14.6 Å². The van der Waals surface area contributed by atoms with Crippen LogP contribution in [-0.2, 0) is 22.6 Å². The van der Waals surface area contributed by atoms with Crippen LogP contribution in [0.3, 0.4) is 0 Å². The third-order valence-electron chi connectivity index (χ3n) is 3.95. The van der Waals surface area contributed by atoms with Crippen LogP contribution in [0.5, 0.6) is 0 Å². The van der Waals surface area contributed by atoms with E-state index < -0.39 is 0 Å². The number of carbonyl (C=O) groups is 1. The minimum atomic E-state index is -0.377. The number of aryl methyl sites for hydroxylation is 2. The zero-order valence-corrected chi connectivity index (χ0v) is 14.6. The molecule has 0 aromatic heterocycles. The Morgan fingerprint density at radius 2 is 1.83 bits per heavy atom. The average Bonchev–Trinajstić information content (AvgIpc) is 2.53. The minimum Gasteiger partial charge on any atom is -0.457 e. The van der Waals surface area contributed by atoms with E-state index >= 15 is 0 Å². The van der Waals surface area contributed by atoms with Gasteiger partial charge in [0.25, 0.3) is 0 Å². The van der Waals surface area contributed by atoms with E-state index in [-0.39, 0.29) is 19.2 Å². The lowest BCUT2D eigenvalue weighted by Gasteiger charge is -2.14. The number of benzene rings is 2. The van der Waals surface area contributed by atoms with Crippen LogP contribution in [0.15, 0.2) is 48.6 Å². The molecule has 0 spiro atoms. The first kappa shape index (κ1) is 18.0. The fourth-order valence-corrected chi connectivity index (χ4v) is 2.68. The molecule has 126 valence electrons. The second-order valence-electron chi connectivity index (χ2n) is 6.14. The first-order valence-corrected chi connectivity index (χ1v) is 8.05. The molecule has 1 N–H and O–H groups in total. The topological polar surface area (TPSA) is 46.5 Å². The van der Waals surface area contributed by atoms with Crippen LogP contribution in [0.25, 0.3) is 11.1 Å². The number of ether oxygens (including phenoxy) is 1. The van der Waals surface area contributed by atoms with Gasteiger partial charge >= 0.3 is 5.97 Å². The summed E-state index contributed by atoms with van der Waals surface area (Å²) in [6.07, 6.45) is 0.651. The van der Waals surface area contributed by atoms with Crippen molar-refractivity contribution >= 4 is 5.97 Å². The van der Waals surface area contributed by atoms with Crippen molar-refractivity contribution in [3.8, 4) is 11.1 Å². The first-order valence-electron chi connectivity index (χ1n) is 8.05. The van der Waals surface area contributed by atoms with E-state index in [1.807, 2.05) is 19.1 Å². The van der Waals surface area contributed by atoms with Gasteiger partial charge in [0.2, 0.25) is 0 Å². The van der Waals surface area contributed by atoms with Gasteiger partial charge < -0.3 is 9.84 Å². The molecule has 2 rings (SSSR count). The molecule has 0 unspecified atom stereocenters. The molecule has 0 aliphatic carbocycles. The maximum atomic E-state index is 11.7. The molecule has 0 atom stereocenters. The van der Waals surface area contributed by atoms with Crippen molar-refractivity contribution in [2.45, 2.75) is 33.8 Å². The Balaban J connectivity index is 2.36. The molecule has 3 nitrogen and oxygen atoms in total. The van der Waals surface area contributed by atoms with Crippen molar-refractivity contribution in [1.82, 2.24) is 0 Å². The van der Waals surface area contributed by atoms with E-state index in [1.54, 1.807) is 6.92 Å². The molecule has 0 aliphatic heterocycles. The molecule has 2 aromatic carbocycles. The number of hydrogen-bond acceptors (Lipinski definition) is 3. The summed E-state index contributed by atoms with van der Waals surface area (Å²) in [7, 11) is 0. The molecular formula is C21H24O3. The van der Waals surface area contributed by atoms with E-state index in [1.165, 1.54) is 0 Å². The standard InChI is InChI=1S/C21H24O3/c1-14(2)21(23)24-13-18-11-15(3)5-7-20(18)19-8-6-17(9-10-22)12-16(19)4/h5-8,11-12,22H,1,9-10,13H2,2-4H3. The summed E-state index contributed by atoms with van der Waals surface area (Å²) >= 11 is 0. The normalized spacial score (nSPS) is 10.5. The Labute approximate surface area is 143 Å². The Morgan fingerprint density at radius 1 is 1.12 bits per heavy atom. The third-order valence-corrected chi connectivity index (χ3v) is 3.95. The molecule has 3 heteroatoms. The monoisotopic (exact) mass is 324 g/mol.